The normalized spacial score (nSPS) is 25.0. The van der Waals surface area contributed by atoms with Crippen molar-refractivity contribution in [1.29, 1.82) is 0 Å². The zero-order valence-corrected chi connectivity index (χ0v) is 15.1. The minimum Gasteiger partial charge on any atom is -0.379 e. The molecule has 0 aliphatic carbocycles. The number of fused-ring (bicyclic) bond motifs is 1. The first kappa shape index (κ1) is 16.6. The largest absolute Gasteiger partial charge is 0.379 e. The van der Waals surface area contributed by atoms with Crippen LogP contribution in [-0.2, 0) is 16.1 Å². The fourth-order valence-corrected chi connectivity index (χ4v) is 4.34. The number of hydrogen-bond acceptors (Lipinski definition) is 3. The average Bonchev–Trinajstić information content (AvgIpc) is 3.17. The van der Waals surface area contributed by atoms with Crippen molar-refractivity contribution in [2.24, 2.45) is 5.92 Å². The number of carbonyl (C=O) groups excluding carboxylic acids is 1. The lowest BCUT2D eigenvalue weighted by molar-refractivity contribution is -0.131. The van der Waals surface area contributed by atoms with Crippen LogP contribution >= 0.6 is 0 Å². The lowest BCUT2D eigenvalue weighted by Gasteiger charge is -2.34. The summed E-state index contributed by atoms with van der Waals surface area (Å²) in [6.07, 6.45) is 2.10. The third-order valence-electron chi connectivity index (χ3n) is 5.73. The van der Waals surface area contributed by atoms with Gasteiger partial charge in [0.25, 0.3) is 0 Å². The molecule has 0 N–H and O–H groups in total. The second-order valence-corrected chi connectivity index (χ2v) is 7.45. The number of hydrogen-bond donors (Lipinski definition) is 0. The van der Waals surface area contributed by atoms with Gasteiger partial charge in [-0.15, -0.1) is 0 Å². The maximum absolute atomic E-state index is 12.9. The molecule has 2 aliphatic rings. The first-order valence-electron chi connectivity index (χ1n) is 9.27. The third kappa shape index (κ3) is 3.18. The maximum atomic E-state index is 12.9. The van der Waals surface area contributed by atoms with Crippen LogP contribution in [0.2, 0.25) is 0 Å². The van der Waals surface area contributed by atoms with Crippen LogP contribution < -0.4 is 0 Å². The number of carbonyl (C=O) groups is 1. The highest BCUT2D eigenvalue weighted by Crippen LogP contribution is 2.24. The van der Waals surface area contributed by atoms with Gasteiger partial charge in [-0.25, -0.2) is 0 Å². The monoisotopic (exact) mass is 341 g/mol. The van der Waals surface area contributed by atoms with E-state index in [2.05, 4.69) is 52.6 Å². The van der Waals surface area contributed by atoms with Gasteiger partial charge in [0.05, 0.1) is 13.2 Å². The third-order valence-corrected chi connectivity index (χ3v) is 5.73. The summed E-state index contributed by atoms with van der Waals surface area (Å²) < 4.78 is 7.56. The zero-order chi connectivity index (χ0) is 17.4. The van der Waals surface area contributed by atoms with E-state index in [0.29, 0.717) is 18.5 Å². The molecule has 1 aromatic carbocycles. The minimum absolute atomic E-state index is 0.225. The van der Waals surface area contributed by atoms with Crippen molar-refractivity contribution < 1.29 is 9.53 Å². The molecule has 0 bridgehead atoms. The molecule has 1 amide bonds. The molecule has 0 unspecified atom stereocenters. The van der Waals surface area contributed by atoms with Gasteiger partial charge in [-0.2, -0.15) is 0 Å². The molecule has 0 spiro atoms. The van der Waals surface area contributed by atoms with Crippen LogP contribution in [0, 0.1) is 12.8 Å². The number of nitrogens with zero attached hydrogens (tertiary/aromatic N) is 3. The molecular weight excluding hydrogens is 314 g/mol. The molecule has 1 aromatic heterocycles. The van der Waals surface area contributed by atoms with Gasteiger partial charge in [0.15, 0.2) is 0 Å². The van der Waals surface area contributed by atoms with E-state index in [-0.39, 0.29) is 5.91 Å². The molecule has 25 heavy (non-hydrogen) atoms. The smallest absolute Gasteiger partial charge is 0.242 e. The van der Waals surface area contributed by atoms with Crippen molar-refractivity contribution in [3.8, 4) is 0 Å². The molecule has 5 heteroatoms. The summed E-state index contributed by atoms with van der Waals surface area (Å²) in [5.41, 5.74) is 2.37. The van der Waals surface area contributed by atoms with Crippen LogP contribution in [0.5, 0.6) is 0 Å². The van der Waals surface area contributed by atoms with Gasteiger partial charge >= 0.3 is 0 Å². The number of aryl methyl sites for hydroxylation is 1. The van der Waals surface area contributed by atoms with E-state index in [1.165, 1.54) is 10.9 Å². The molecular formula is C20H27N3O2. The predicted octanol–water partition coefficient (Wildman–Crippen LogP) is 2.13. The fraction of sp³-hybridized carbons (Fsp3) is 0.550. The summed E-state index contributed by atoms with van der Waals surface area (Å²) in [5, 5.41) is 1.23. The van der Waals surface area contributed by atoms with Crippen LogP contribution in [0.4, 0.5) is 0 Å². The molecule has 0 saturated carbocycles. The molecule has 2 atom stereocenters. The number of benzene rings is 1. The van der Waals surface area contributed by atoms with E-state index in [1.807, 2.05) is 6.07 Å². The van der Waals surface area contributed by atoms with Crippen molar-refractivity contribution in [3.05, 3.63) is 36.0 Å². The number of ether oxygens (including phenoxy) is 1. The lowest BCUT2D eigenvalue weighted by Crippen LogP contribution is -2.47. The number of likely N-dealkylation sites (tertiary alicyclic amines) is 1. The van der Waals surface area contributed by atoms with Gasteiger partial charge < -0.3 is 14.2 Å². The highest BCUT2D eigenvalue weighted by Gasteiger charge is 2.36. The van der Waals surface area contributed by atoms with Crippen molar-refractivity contribution in [2.75, 3.05) is 39.4 Å². The predicted molar refractivity (Wildman–Crippen MR) is 98.6 cm³/mol. The van der Waals surface area contributed by atoms with Crippen LogP contribution in [0.15, 0.2) is 30.5 Å². The first-order chi connectivity index (χ1) is 12.1. The summed E-state index contributed by atoms with van der Waals surface area (Å²) in [6.45, 7) is 10.1. The summed E-state index contributed by atoms with van der Waals surface area (Å²) in [6, 6.07) is 8.78. The minimum atomic E-state index is 0.225. The zero-order valence-electron chi connectivity index (χ0n) is 15.1. The number of aromatic nitrogens is 1. The highest BCUT2D eigenvalue weighted by atomic mass is 16.5. The molecule has 4 rings (SSSR count). The second-order valence-electron chi connectivity index (χ2n) is 7.45. The van der Waals surface area contributed by atoms with Crippen molar-refractivity contribution in [3.63, 3.8) is 0 Å². The van der Waals surface area contributed by atoms with Crippen LogP contribution in [0.25, 0.3) is 10.9 Å². The van der Waals surface area contributed by atoms with E-state index < -0.39 is 0 Å². The lowest BCUT2D eigenvalue weighted by atomic mass is 10.0. The van der Waals surface area contributed by atoms with Crippen LogP contribution in [-0.4, -0.2) is 65.7 Å². The average molecular weight is 341 g/mol. The fourth-order valence-electron chi connectivity index (χ4n) is 4.34. The molecule has 2 aromatic rings. The summed E-state index contributed by atoms with van der Waals surface area (Å²) in [4.78, 5) is 17.5. The van der Waals surface area contributed by atoms with E-state index in [1.54, 1.807) is 0 Å². The Morgan fingerprint density at radius 1 is 1.20 bits per heavy atom. The topological polar surface area (TPSA) is 37.7 Å². The van der Waals surface area contributed by atoms with E-state index in [4.69, 9.17) is 4.74 Å². The van der Waals surface area contributed by atoms with Crippen LogP contribution in [0.3, 0.4) is 0 Å². The van der Waals surface area contributed by atoms with Gasteiger partial charge in [0.2, 0.25) is 5.91 Å². The summed E-state index contributed by atoms with van der Waals surface area (Å²) in [7, 11) is 0. The Balaban J connectivity index is 1.46. The first-order valence-corrected chi connectivity index (χ1v) is 9.27. The number of rotatable bonds is 3. The summed E-state index contributed by atoms with van der Waals surface area (Å²) >= 11 is 0. The SMILES string of the molecule is Cc1cn(CC(=O)N2C[C@H](C)[C@@H](N3CCOCC3)C2)c2ccccc12. The molecule has 2 fully saturated rings. The number of morpholine rings is 1. The van der Waals surface area contributed by atoms with Crippen LogP contribution in [0.1, 0.15) is 12.5 Å². The van der Waals surface area contributed by atoms with Gasteiger partial charge in [-0.1, -0.05) is 25.1 Å². The quantitative estimate of drug-likeness (QED) is 0.858. The maximum Gasteiger partial charge on any atom is 0.242 e. The van der Waals surface area contributed by atoms with E-state index >= 15 is 0 Å². The Morgan fingerprint density at radius 2 is 1.96 bits per heavy atom. The van der Waals surface area contributed by atoms with Crippen molar-refractivity contribution in [2.45, 2.75) is 26.4 Å². The van der Waals surface area contributed by atoms with Gasteiger partial charge in [-0.3, -0.25) is 9.69 Å². The number of para-hydroxylation sites is 1. The van der Waals surface area contributed by atoms with Gasteiger partial charge in [-0.05, 0) is 24.5 Å². The van der Waals surface area contributed by atoms with Gasteiger partial charge in [0.1, 0.15) is 6.54 Å². The molecule has 134 valence electrons. The number of amides is 1. The Kier molecular flexibility index (Phi) is 4.52. The highest BCUT2D eigenvalue weighted by molar-refractivity contribution is 5.86. The Labute approximate surface area is 149 Å². The van der Waals surface area contributed by atoms with E-state index in [9.17, 15) is 4.79 Å². The van der Waals surface area contributed by atoms with Gasteiger partial charge in [0, 0.05) is 49.3 Å². The van der Waals surface area contributed by atoms with E-state index in [0.717, 1.165) is 44.9 Å². The second kappa shape index (κ2) is 6.81. The molecule has 3 heterocycles. The van der Waals surface area contributed by atoms with Crippen molar-refractivity contribution in [1.82, 2.24) is 14.4 Å². The molecule has 5 nitrogen and oxygen atoms in total. The Hall–Kier alpha value is -1.85. The Morgan fingerprint density at radius 3 is 2.76 bits per heavy atom. The van der Waals surface area contributed by atoms with Crippen molar-refractivity contribution >= 4 is 16.8 Å². The molecule has 2 aliphatic heterocycles. The standard InChI is InChI=1S/C20H27N3O2/c1-15-11-22(18-6-4-3-5-17(15)18)14-20(24)23-12-16(2)19(13-23)21-7-9-25-10-8-21/h3-6,11,16,19H,7-10,12-14H2,1-2H3/t16-,19-/m0/s1. The molecule has 2 saturated heterocycles. The molecule has 0 radical (unpaired) electrons. The Bertz CT molecular complexity index is 763. The summed E-state index contributed by atoms with van der Waals surface area (Å²) in [5.74, 6) is 0.744.